The van der Waals surface area contributed by atoms with Crippen LogP contribution in [0, 0.1) is 18.7 Å². The Morgan fingerprint density at radius 1 is 1.04 bits per heavy atom. The van der Waals surface area contributed by atoms with Gasteiger partial charge in [0.2, 0.25) is 11.8 Å². The van der Waals surface area contributed by atoms with Gasteiger partial charge in [0.05, 0.1) is 13.1 Å². The molecule has 0 aliphatic carbocycles. The minimum atomic E-state index is -0.299. The molecule has 2 rings (SSSR count). The zero-order valence-electron chi connectivity index (χ0n) is 17.1. The summed E-state index contributed by atoms with van der Waals surface area (Å²) >= 11 is 1.61. The Morgan fingerprint density at radius 2 is 1.71 bits per heavy atom. The summed E-state index contributed by atoms with van der Waals surface area (Å²) in [7, 11) is 0. The number of amides is 2. The van der Waals surface area contributed by atoms with E-state index < -0.39 is 0 Å². The second kappa shape index (κ2) is 10.4. The van der Waals surface area contributed by atoms with Crippen molar-refractivity contribution in [2.75, 3.05) is 13.1 Å². The molecule has 0 bridgehead atoms. The van der Waals surface area contributed by atoms with Gasteiger partial charge in [-0.25, -0.2) is 4.39 Å². The lowest BCUT2D eigenvalue weighted by Crippen LogP contribution is -2.43. The summed E-state index contributed by atoms with van der Waals surface area (Å²) in [4.78, 5) is 29.9. The summed E-state index contributed by atoms with van der Waals surface area (Å²) in [5.41, 5.74) is 2.01. The van der Waals surface area contributed by atoms with Gasteiger partial charge in [0, 0.05) is 24.4 Å². The number of aryl methyl sites for hydroxylation is 1. The van der Waals surface area contributed by atoms with E-state index >= 15 is 0 Å². The largest absolute Gasteiger partial charge is 0.333 e. The van der Waals surface area contributed by atoms with Crippen LogP contribution in [0.25, 0.3) is 0 Å². The molecule has 1 aromatic carbocycles. The molecule has 28 heavy (non-hydrogen) atoms. The molecule has 0 saturated carbocycles. The summed E-state index contributed by atoms with van der Waals surface area (Å²) in [5, 5.41) is 2.01. The first-order valence-electron chi connectivity index (χ1n) is 9.63. The third-order valence-electron chi connectivity index (χ3n) is 4.51. The molecule has 0 fully saturated rings. The molecule has 2 aromatic rings. The molecule has 0 radical (unpaired) electrons. The van der Waals surface area contributed by atoms with Crippen molar-refractivity contribution in [3.63, 3.8) is 0 Å². The summed E-state index contributed by atoms with van der Waals surface area (Å²) in [6, 6.07) is 8.23. The SMILES string of the molecule is CCC(=O)N(CC(=O)N(Cc1ccc(F)cc1)Cc1sccc1C)CC(C)C. The van der Waals surface area contributed by atoms with Gasteiger partial charge >= 0.3 is 0 Å². The minimum absolute atomic E-state index is 0.0175. The number of benzene rings is 1. The monoisotopic (exact) mass is 404 g/mol. The van der Waals surface area contributed by atoms with Gasteiger partial charge in [0.25, 0.3) is 0 Å². The van der Waals surface area contributed by atoms with Crippen molar-refractivity contribution in [2.24, 2.45) is 5.92 Å². The molecule has 0 aliphatic rings. The van der Waals surface area contributed by atoms with Gasteiger partial charge in [-0.1, -0.05) is 32.9 Å². The van der Waals surface area contributed by atoms with Crippen molar-refractivity contribution in [3.8, 4) is 0 Å². The highest BCUT2D eigenvalue weighted by Crippen LogP contribution is 2.20. The topological polar surface area (TPSA) is 40.6 Å². The van der Waals surface area contributed by atoms with E-state index in [0.29, 0.717) is 26.1 Å². The second-order valence-electron chi connectivity index (χ2n) is 7.42. The fourth-order valence-electron chi connectivity index (χ4n) is 2.96. The molecule has 0 N–H and O–H groups in total. The Labute approximate surface area is 171 Å². The maximum atomic E-state index is 13.2. The highest BCUT2D eigenvalue weighted by Gasteiger charge is 2.22. The van der Waals surface area contributed by atoms with Gasteiger partial charge < -0.3 is 9.80 Å². The average molecular weight is 405 g/mol. The maximum Gasteiger partial charge on any atom is 0.242 e. The third kappa shape index (κ3) is 6.44. The normalized spacial score (nSPS) is 10.9. The van der Waals surface area contributed by atoms with Gasteiger partial charge in [-0.15, -0.1) is 11.3 Å². The summed E-state index contributed by atoms with van der Waals surface area (Å²) in [6.45, 7) is 9.39. The van der Waals surface area contributed by atoms with Gasteiger partial charge in [0.1, 0.15) is 5.82 Å². The van der Waals surface area contributed by atoms with Gasteiger partial charge in [-0.2, -0.15) is 0 Å². The maximum absolute atomic E-state index is 13.2. The number of thiophene rings is 1. The Kier molecular flexibility index (Phi) is 8.18. The van der Waals surface area contributed by atoms with Crippen molar-refractivity contribution >= 4 is 23.2 Å². The fourth-order valence-corrected chi connectivity index (χ4v) is 3.88. The molecule has 0 aliphatic heterocycles. The van der Waals surface area contributed by atoms with Crippen molar-refractivity contribution < 1.29 is 14.0 Å². The van der Waals surface area contributed by atoms with E-state index in [1.54, 1.807) is 33.3 Å². The Bertz CT molecular complexity index is 786. The molecular formula is C22H29FN2O2S. The minimum Gasteiger partial charge on any atom is -0.333 e. The molecule has 0 spiro atoms. The molecule has 4 nitrogen and oxygen atoms in total. The lowest BCUT2D eigenvalue weighted by atomic mass is 10.1. The van der Waals surface area contributed by atoms with E-state index in [4.69, 9.17) is 0 Å². The Balaban J connectivity index is 2.20. The Hall–Kier alpha value is -2.21. The molecular weight excluding hydrogens is 375 g/mol. The first kappa shape index (κ1) is 22.1. The highest BCUT2D eigenvalue weighted by molar-refractivity contribution is 7.10. The van der Waals surface area contributed by atoms with E-state index in [2.05, 4.69) is 0 Å². The fraction of sp³-hybridized carbons (Fsp3) is 0.455. The van der Waals surface area contributed by atoms with E-state index in [-0.39, 0.29) is 30.1 Å². The third-order valence-corrected chi connectivity index (χ3v) is 5.52. The number of hydrogen-bond donors (Lipinski definition) is 0. The van der Waals surface area contributed by atoms with E-state index in [0.717, 1.165) is 16.0 Å². The smallest absolute Gasteiger partial charge is 0.242 e. The molecule has 1 aromatic heterocycles. The average Bonchev–Trinajstić information content (AvgIpc) is 3.06. The van der Waals surface area contributed by atoms with Crippen LogP contribution >= 0.6 is 11.3 Å². The van der Waals surface area contributed by atoms with E-state index in [1.807, 2.05) is 39.1 Å². The van der Waals surface area contributed by atoms with Gasteiger partial charge in [0.15, 0.2) is 0 Å². The lowest BCUT2D eigenvalue weighted by Gasteiger charge is -2.28. The van der Waals surface area contributed by atoms with Crippen LogP contribution in [0.2, 0.25) is 0 Å². The first-order chi connectivity index (χ1) is 13.3. The number of carbonyl (C=O) groups excluding carboxylic acids is 2. The molecule has 0 saturated heterocycles. The lowest BCUT2D eigenvalue weighted by molar-refractivity contribution is -0.141. The van der Waals surface area contributed by atoms with Crippen LogP contribution in [0.3, 0.4) is 0 Å². The van der Waals surface area contributed by atoms with Crippen LogP contribution in [0.15, 0.2) is 35.7 Å². The number of nitrogens with zero attached hydrogens (tertiary/aromatic N) is 2. The molecule has 1 heterocycles. The number of hydrogen-bond acceptors (Lipinski definition) is 3. The predicted octanol–water partition coefficient (Wildman–Crippen LogP) is 4.62. The molecule has 152 valence electrons. The van der Waals surface area contributed by atoms with Crippen molar-refractivity contribution in [1.29, 1.82) is 0 Å². The van der Waals surface area contributed by atoms with Crippen LogP contribution in [-0.2, 0) is 22.7 Å². The standard InChI is InChI=1S/C22H29FN2O2S/c1-5-21(26)24(12-16(2)3)15-22(27)25(14-20-17(4)10-11-28-20)13-18-6-8-19(23)9-7-18/h6-11,16H,5,12-15H2,1-4H3. The molecule has 6 heteroatoms. The summed E-state index contributed by atoms with van der Waals surface area (Å²) in [6.07, 6.45) is 0.377. The predicted molar refractivity (Wildman–Crippen MR) is 111 cm³/mol. The quantitative estimate of drug-likeness (QED) is 0.612. The van der Waals surface area contributed by atoms with Crippen LogP contribution in [0.4, 0.5) is 4.39 Å². The van der Waals surface area contributed by atoms with Crippen LogP contribution in [0.5, 0.6) is 0 Å². The number of carbonyl (C=O) groups is 2. The zero-order valence-corrected chi connectivity index (χ0v) is 17.9. The zero-order chi connectivity index (χ0) is 20.7. The molecule has 0 atom stereocenters. The summed E-state index contributed by atoms with van der Waals surface area (Å²) in [5.74, 6) is -0.128. The van der Waals surface area contributed by atoms with Gasteiger partial charge in [-0.3, -0.25) is 9.59 Å². The Morgan fingerprint density at radius 3 is 2.25 bits per heavy atom. The first-order valence-corrected chi connectivity index (χ1v) is 10.5. The number of halogens is 1. The van der Waals surface area contributed by atoms with E-state index in [9.17, 15) is 14.0 Å². The van der Waals surface area contributed by atoms with Crippen molar-refractivity contribution in [2.45, 2.75) is 47.2 Å². The van der Waals surface area contributed by atoms with Crippen molar-refractivity contribution in [1.82, 2.24) is 9.80 Å². The number of rotatable bonds is 9. The van der Waals surface area contributed by atoms with Crippen LogP contribution < -0.4 is 0 Å². The molecule has 0 unspecified atom stereocenters. The highest BCUT2D eigenvalue weighted by atomic mass is 32.1. The van der Waals surface area contributed by atoms with Crippen LogP contribution in [0.1, 0.15) is 43.2 Å². The van der Waals surface area contributed by atoms with Crippen molar-refractivity contribution in [3.05, 3.63) is 57.5 Å². The second-order valence-corrected chi connectivity index (χ2v) is 8.43. The summed E-state index contributed by atoms with van der Waals surface area (Å²) < 4.78 is 13.2. The molecule has 2 amide bonds. The van der Waals surface area contributed by atoms with Crippen LogP contribution in [-0.4, -0.2) is 34.7 Å². The van der Waals surface area contributed by atoms with Gasteiger partial charge in [-0.05, 0) is 47.5 Å². The van der Waals surface area contributed by atoms with E-state index in [1.165, 1.54) is 12.1 Å².